The molecular formula is C13H16N4. The second-order valence-corrected chi connectivity index (χ2v) is 3.84. The third kappa shape index (κ3) is 3.17. The van der Waals surface area contributed by atoms with Crippen LogP contribution >= 0.6 is 0 Å². The third-order valence-electron chi connectivity index (χ3n) is 2.54. The molecule has 1 aromatic carbocycles. The molecule has 0 aliphatic carbocycles. The van der Waals surface area contributed by atoms with Gasteiger partial charge in [-0.2, -0.15) is 0 Å². The SMILES string of the molecule is CCc1cc(NCc2ccc(N)cc2)ncn1. The first-order chi connectivity index (χ1) is 8.28. The molecule has 0 amide bonds. The summed E-state index contributed by atoms with van der Waals surface area (Å²) >= 11 is 0. The molecule has 88 valence electrons. The highest BCUT2D eigenvalue weighted by molar-refractivity contribution is 5.41. The highest BCUT2D eigenvalue weighted by Crippen LogP contribution is 2.09. The van der Waals surface area contributed by atoms with E-state index in [1.54, 1.807) is 6.33 Å². The topological polar surface area (TPSA) is 63.8 Å². The van der Waals surface area contributed by atoms with Crippen molar-refractivity contribution in [1.29, 1.82) is 0 Å². The zero-order chi connectivity index (χ0) is 12.1. The number of nitrogens with zero attached hydrogens (tertiary/aromatic N) is 2. The second-order valence-electron chi connectivity index (χ2n) is 3.84. The number of aryl methyl sites for hydroxylation is 1. The average Bonchev–Trinajstić information content (AvgIpc) is 2.38. The standard InChI is InChI=1S/C13H16N4/c1-2-12-7-13(17-9-16-12)15-8-10-3-5-11(14)6-4-10/h3-7,9H,2,8,14H2,1H3,(H,15,16,17). The molecule has 0 aliphatic rings. The summed E-state index contributed by atoms with van der Waals surface area (Å²) in [4.78, 5) is 8.33. The number of nitrogen functional groups attached to an aromatic ring is 1. The Morgan fingerprint density at radius 2 is 1.94 bits per heavy atom. The number of aromatic nitrogens is 2. The molecule has 0 aliphatic heterocycles. The summed E-state index contributed by atoms with van der Waals surface area (Å²) in [6.45, 7) is 2.81. The molecule has 0 fully saturated rings. The van der Waals surface area contributed by atoms with Crippen molar-refractivity contribution >= 4 is 11.5 Å². The van der Waals surface area contributed by atoms with E-state index in [9.17, 15) is 0 Å². The minimum absolute atomic E-state index is 0.737. The first kappa shape index (κ1) is 11.4. The molecule has 1 heterocycles. The van der Waals surface area contributed by atoms with Gasteiger partial charge in [0, 0.05) is 24.0 Å². The molecule has 4 heteroatoms. The number of rotatable bonds is 4. The Kier molecular flexibility index (Phi) is 3.55. The maximum atomic E-state index is 5.63. The van der Waals surface area contributed by atoms with Crippen molar-refractivity contribution in [2.45, 2.75) is 19.9 Å². The van der Waals surface area contributed by atoms with Crippen molar-refractivity contribution < 1.29 is 0 Å². The van der Waals surface area contributed by atoms with E-state index in [4.69, 9.17) is 5.73 Å². The smallest absolute Gasteiger partial charge is 0.129 e. The van der Waals surface area contributed by atoms with E-state index >= 15 is 0 Å². The van der Waals surface area contributed by atoms with Crippen LogP contribution in [0.1, 0.15) is 18.2 Å². The monoisotopic (exact) mass is 228 g/mol. The summed E-state index contributed by atoms with van der Waals surface area (Å²) < 4.78 is 0. The van der Waals surface area contributed by atoms with Crippen LogP contribution in [0.4, 0.5) is 11.5 Å². The largest absolute Gasteiger partial charge is 0.399 e. The minimum atomic E-state index is 0.737. The van der Waals surface area contributed by atoms with Crippen molar-refractivity contribution in [2.24, 2.45) is 0 Å². The van der Waals surface area contributed by atoms with Crippen LogP contribution in [0.5, 0.6) is 0 Å². The second kappa shape index (κ2) is 5.30. The molecule has 0 unspecified atom stereocenters. The van der Waals surface area contributed by atoms with Crippen molar-refractivity contribution in [3.63, 3.8) is 0 Å². The van der Waals surface area contributed by atoms with Gasteiger partial charge in [0.2, 0.25) is 0 Å². The third-order valence-corrected chi connectivity index (χ3v) is 2.54. The summed E-state index contributed by atoms with van der Waals surface area (Å²) in [6.07, 6.45) is 2.50. The van der Waals surface area contributed by atoms with Gasteiger partial charge in [-0.15, -0.1) is 0 Å². The Balaban J connectivity index is 1.99. The van der Waals surface area contributed by atoms with Crippen LogP contribution in [0.2, 0.25) is 0 Å². The zero-order valence-electron chi connectivity index (χ0n) is 9.85. The first-order valence-electron chi connectivity index (χ1n) is 5.67. The van der Waals surface area contributed by atoms with Gasteiger partial charge in [0.15, 0.2) is 0 Å². The fourth-order valence-corrected chi connectivity index (χ4v) is 1.52. The molecule has 4 nitrogen and oxygen atoms in total. The van der Waals surface area contributed by atoms with Crippen LogP contribution in [0, 0.1) is 0 Å². The van der Waals surface area contributed by atoms with Crippen LogP contribution in [0.15, 0.2) is 36.7 Å². The molecule has 0 saturated heterocycles. The lowest BCUT2D eigenvalue weighted by molar-refractivity contribution is 0.987. The van der Waals surface area contributed by atoms with Gasteiger partial charge in [-0.25, -0.2) is 9.97 Å². The van der Waals surface area contributed by atoms with Crippen LogP contribution in [0.3, 0.4) is 0 Å². The van der Waals surface area contributed by atoms with E-state index in [0.717, 1.165) is 30.2 Å². The molecule has 1 aromatic heterocycles. The highest BCUT2D eigenvalue weighted by atomic mass is 15.0. The van der Waals surface area contributed by atoms with E-state index in [1.165, 1.54) is 5.56 Å². The highest BCUT2D eigenvalue weighted by Gasteiger charge is 1.97. The van der Waals surface area contributed by atoms with Gasteiger partial charge >= 0.3 is 0 Å². The fourth-order valence-electron chi connectivity index (χ4n) is 1.52. The summed E-state index contributed by atoms with van der Waals surface area (Å²) in [5.41, 5.74) is 8.63. The lowest BCUT2D eigenvalue weighted by atomic mass is 10.2. The van der Waals surface area contributed by atoms with Gasteiger partial charge in [0.25, 0.3) is 0 Å². The number of nitrogens with one attached hydrogen (secondary N) is 1. The quantitative estimate of drug-likeness (QED) is 0.788. The lowest BCUT2D eigenvalue weighted by Crippen LogP contribution is -2.02. The molecule has 17 heavy (non-hydrogen) atoms. The maximum Gasteiger partial charge on any atom is 0.129 e. The Labute approximate surface area is 101 Å². The van der Waals surface area contributed by atoms with E-state index in [2.05, 4.69) is 22.2 Å². The number of benzene rings is 1. The van der Waals surface area contributed by atoms with Gasteiger partial charge in [0.1, 0.15) is 12.1 Å². The molecular weight excluding hydrogens is 212 g/mol. The molecule has 0 spiro atoms. The predicted molar refractivity (Wildman–Crippen MR) is 69.6 cm³/mol. The summed E-state index contributed by atoms with van der Waals surface area (Å²) in [6, 6.07) is 9.77. The van der Waals surface area contributed by atoms with Crippen molar-refractivity contribution in [3.8, 4) is 0 Å². The summed E-state index contributed by atoms with van der Waals surface area (Å²) in [5.74, 6) is 0.855. The van der Waals surface area contributed by atoms with Gasteiger partial charge in [-0.05, 0) is 24.1 Å². The summed E-state index contributed by atoms with van der Waals surface area (Å²) in [5, 5.41) is 3.26. The van der Waals surface area contributed by atoms with Crippen molar-refractivity contribution in [1.82, 2.24) is 9.97 Å². The number of hydrogen-bond acceptors (Lipinski definition) is 4. The number of hydrogen-bond donors (Lipinski definition) is 2. The Morgan fingerprint density at radius 1 is 1.18 bits per heavy atom. The van der Waals surface area contributed by atoms with Gasteiger partial charge in [-0.3, -0.25) is 0 Å². The average molecular weight is 228 g/mol. The van der Waals surface area contributed by atoms with E-state index in [-0.39, 0.29) is 0 Å². The van der Waals surface area contributed by atoms with Crippen LogP contribution in [-0.2, 0) is 13.0 Å². The normalized spacial score (nSPS) is 10.2. The lowest BCUT2D eigenvalue weighted by Gasteiger charge is -2.06. The van der Waals surface area contributed by atoms with Gasteiger partial charge < -0.3 is 11.1 Å². The molecule has 2 aromatic rings. The van der Waals surface area contributed by atoms with Gasteiger partial charge in [-0.1, -0.05) is 19.1 Å². The predicted octanol–water partition coefficient (Wildman–Crippen LogP) is 2.23. The van der Waals surface area contributed by atoms with Crippen molar-refractivity contribution in [3.05, 3.63) is 47.9 Å². The first-order valence-corrected chi connectivity index (χ1v) is 5.67. The van der Waals surface area contributed by atoms with E-state index < -0.39 is 0 Å². The Hall–Kier alpha value is -2.10. The van der Waals surface area contributed by atoms with Crippen LogP contribution in [0.25, 0.3) is 0 Å². The number of anilines is 2. The molecule has 2 rings (SSSR count). The fraction of sp³-hybridized carbons (Fsp3) is 0.231. The van der Waals surface area contributed by atoms with Crippen molar-refractivity contribution in [2.75, 3.05) is 11.1 Å². The Morgan fingerprint density at radius 3 is 2.65 bits per heavy atom. The molecule has 0 bridgehead atoms. The molecule has 0 radical (unpaired) electrons. The van der Waals surface area contributed by atoms with Crippen LogP contribution < -0.4 is 11.1 Å². The molecule has 3 N–H and O–H groups in total. The molecule has 0 atom stereocenters. The van der Waals surface area contributed by atoms with Gasteiger partial charge in [0.05, 0.1) is 0 Å². The molecule has 0 saturated carbocycles. The Bertz CT molecular complexity index is 479. The number of nitrogens with two attached hydrogens (primary N) is 1. The maximum absolute atomic E-state index is 5.63. The minimum Gasteiger partial charge on any atom is -0.399 e. The zero-order valence-corrected chi connectivity index (χ0v) is 9.85. The van der Waals surface area contributed by atoms with E-state index in [0.29, 0.717) is 0 Å². The van der Waals surface area contributed by atoms with E-state index in [1.807, 2.05) is 30.3 Å². The van der Waals surface area contributed by atoms with Crippen LogP contribution in [-0.4, -0.2) is 9.97 Å². The summed E-state index contributed by atoms with van der Waals surface area (Å²) in [7, 11) is 0.